The summed E-state index contributed by atoms with van der Waals surface area (Å²) in [5.74, 6) is 2.11. The third-order valence-corrected chi connectivity index (χ3v) is 3.39. The number of thiazole rings is 1. The van der Waals surface area contributed by atoms with Crippen LogP contribution in [0.4, 0.5) is 10.9 Å². The van der Waals surface area contributed by atoms with Crippen molar-refractivity contribution < 1.29 is 14.2 Å². The van der Waals surface area contributed by atoms with E-state index >= 15 is 0 Å². The number of nitrogens with one attached hydrogen (secondary N) is 1. The van der Waals surface area contributed by atoms with Crippen molar-refractivity contribution in [2.45, 2.75) is 0 Å². The molecule has 0 amide bonds. The Morgan fingerprint density at radius 1 is 1.19 bits per heavy atom. The van der Waals surface area contributed by atoms with Gasteiger partial charge in [0.05, 0.1) is 27.5 Å². The molecule has 0 aliphatic heterocycles. The molecule has 0 unspecified atom stereocenters. The summed E-state index contributed by atoms with van der Waals surface area (Å²) in [6.45, 7) is 0. The van der Waals surface area contributed by atoms with Crippen molar-refractivity contribution in [3.63, 3.8) is 0 Å². The van der Waals surface area contributed by atoms with E-state index < -0.39 is 0 Å². The number of nitrogens with zero attached hydrogens (tertiary/aromatic N) is 2. The summed E-state index contributed by atoms with van der Waals surface area (Å²) in [4.78, 5) is 4.04. The quantitative estimate of drug-likeness (QED) is 0.628. The van der Waals surface area contributed by atoms with Crippen LogP contribution in [0.3, 0.4) is 0 Å². The summed E-state index contributed by atoms with van der Waals surface area (Å²) in [6, 6.07) is 3.60. The molecule has 2 aromatic rings. The number of aromatic nitrogens is 1. The number of nitrogen functional groups attached to an aromatic ring is 1. The third-order valence-electron chi connectivity index (χ3n) is 2.62. The number of benzene rings is 1. The summed E-state index contributed by atoms with van der Waals surface area (Å²) >= 11 is 1.37. The minimum absolute atomic E-state index is 0.460. The number of methoxy groups -OCH3 is 3. The minimum Gasteiger partial charge on any atom is -0.493 e. The van der Waals surface area contributed by atoms with Gasteiger partial charge in [0.15, 0.2) is 11.5 Å². The molecule has 1 aromatic carbocycles. The van der Waals surface area contributed by atoms with Crippen molar-refractivity contribution in [2.75, 3.05) is 32.5 Å². The van der Waals surface area contributed by atoms with Gasteiger partial charge in [-0.2, -0.15) is 5.10 Å². The summed E-state index contributed by atoms with van der Waals surface area (Å²) in [6.07, 6.45) is 1.61. The third kappa shape index (κ3) is 3.34. The number of ether oxygens (including phenoxy) is 3. The van der Waals surface area contributed by atoms with Crippen LogP contribution in [0.25, 0.3) is 0 Å². The Balaban J connectivity index is 2.23. The van der Waals surface area contributed by atoms with E-state index in [2.05, 4.69) is 15.5 Å². The molecule has 0 atom stereocenters. The summed E-state index contributed by atoms with van der Waals surface area (Å²) in [5.41, 5.74) is 9.08. The first-order valence-corrected chi connectivity index (χ1v) is 6.86. The fourth-order valence-electron chi connectivity index (χ4n) is 1.72. The maximum atomic E-state index is 5.53. The highest BCUT2D eigenvalue weighted by atomic mass is 32.1. The fourth-order valence-corrected chi connectivity index (χ4v) is 2.27. The van der Waals surface area contributed by atoms with Crippen molar-refractivity contribution in [3.05, 3.63) is 23.1 Å². The normalized spacial score (nSPS) is 10.6. The van der Waals surface area contributed by atoms with Gasteiger partial charge in [0.2, 0.25) is 10.9 Å². The molecule has 1 heterocycles. The molecule has 0 saturated heterocycles. The van der Waals surface area contributed by atoms with E-state index in [4.69, 9.17) is 19.9 Å². The second-order valence-electron chi connectivity index (χ2n) is 3.87. The van der Waals surface area contributed by atoms with Crippen LogP contribution in [0.5, 0.6) is 17.2 Å². The second-order valence-corrected chi connectivity index (χ2v) is 4.73. The van der Waals surface area contributed by atoms with Crippen molar-refractivity contribution in [1.29, 1.82) is 0 Å². The van der Waals surface area contributed by atoms with Crippen LogP contribution in [-0.4, -0.2) is 32.5 Å². The molecular weight excluding hydrogens is 292 g/mol. The Kier molecular flexibility index (Phi) is 4.83. The van der Waals surface area contributed by atoms with Gasteiger partial charge in [0, 0.05) is 10.9 Å². The van der Waals surface area contributed by atoms with Crippen molar-refractivity contribution in [3.8, 4) is 17.2 Å². The van der Waals surface area contributed by atoms with Gasteiger partial charge < -0.3 is 19.9 Å². The van der Waals surface area contributed by atoms with Crippen LogP contribution in [0.2, 0.25) is 0 Å². The summed E-state index contributed by atoms with van der Waals surface area (Å²) in [7, 11) is 4.68. The molecule has 0 radical (unpaired) electrons. The van der Waals surface area contributed by atoms with Crippen molar-refractivity contribution in [1.82, 2.24) is 4.98 Å². The maximum absolute atomic E-state index is 5.53. The largest absolute Gasteiger partial charge is 0.493 e. The Morgan fingerprint density at radius 2 is 1.95 bits per heavy atom. The lowest BCUT2D eigenvalue weighted by molar-refractivity contribution is 0.324. The number of hydrazone groups is 1. The predicted octanol–water partition coefficient (Wildman–Crippen LogP) is 2.20. The smallest absolute Gasteiger partial charge is 0.205 e. The molecule has 21 heavy (non-hydrogen) atoms. The van der Waals surface area contributed by atoms with E-state index in [1.165, 1.54) is 11.3 Å². The minimum atomic E-state index is 0.460. The predicted molar refractivity (Wildman–Crippen MR) is 83.8 cm³/mol. The lowest BCUT2D eigenvalue weighted by Gasteiger charge is -2.13. The van der Waals surface area contributed by atoms with Crippen LogP contribution in [0, 0.1) is 0 Å². The van der Waals surface area contributed by atoms with Crippen molar-refractivity contribution >= 4 is 28.5 Å². The van der Waals surface area contributed by atoms with Crippen LogP contribution in [-0.2, 0) is 0 Å². The van der Waals surface area contributed by atoms with Gasteiger partial charge in [-0.1, -0.05) is 0 Å². The van der Waals surface area contributed by atoms with E-state index in [0.717, 1.165) is 5.56 Å². The summed E-state index contributed by atoms with van der Waals surface area (Å²) < 4.78 is 15.9. The molecule has 0 fully saturated rings. The molecule has 0 bridgehead atoms. The van der Waals surface area contributed by atoms with Gasteiger partial charge >= 0.3 is 0 Å². The first-order valence-electron chi connectivity index (χ1n) is 5.98. The molecule has 8 heteroatoms. The zero-order valence-electron chi connectivity index (χ0n) is 11.9. The lowest BCUT2D eigenvalue weighted by Crippen LogP contribution is -1.99. The van der Waals surface area contributed by atoms with Crippen LogP contribution < -0.4 is 25.4 Å². The molecule has 1 aromatic heterocycles. The zero-order valence-corrected chi connectivity index (χ0v) is 12.7. The molecule has 0 aliphatic rings. The highest BCUT2D eigenvalue weighted by Crippen LogP contribution is 2.38. The Bertz CT molecular complexity index is 642. The van der Waals surface area contributed by atoms with Gasteiger partial charge in [-0.05, 0) is 12.1 Å². The molecule has 0 aliphatic carbocycles. The Labute approximate surface area is 126 Å². The van der Waals surface area contributed by atoms with E-state index in [9.17, 15) is 0 Å². The molecule has 0 saturated carbocycles. The maximum Gasteiger partial charge on any atom is 0.205 e. The Hall–Kier alpha value is -2.48. The Morgan fingerprint density at radius 3 is 2.52 bits per heavy atom. The van der Waals surface area contributed by atoms with E-state index in [1.54, 1.807) is 39.0 Å². The monoisotopic (exact) mass is 308 g/mol. The van der Waals surface area contributed by atoms with Crippen molar-refractivity contribution in [2.24, 2.45) is 5.10 Å². The number of hydrogen-bond acceptors (Lipinski definition) is 8. The topological polar surface area (TPSA) is 91.0 Å². The van der Waals surface area contributed by atoms with Crippen LogP contribution in [0.1, 0.15) is 5.56 Å². The van der Waals surface area contributed by atoms with Gasteiger partial charge in [0.25, 0.3) is 0 Å². The van der Waals surface area contributed by atoms with Gasteiger partial charge in [-0.15, -0.1) is 11.3 Å². The average molecular weight is 308 g/mol. The molecule has 2 rings (SSSR count). The lowest BCUT2D eigenvalue weighted by atomic mass is 10.2. The molecule has 0 spiro atoms. The van der Waals surface area contributed by atoms with E-state index in [1.807, 2.05) is 6.07 Å². The standard InChI is InChI=1S/C13H16N4O3S/c1-18-9-5-4-8(11(19-2)12(9)20-3)6-15-17-13-16-10(14)7-21-13/h4-7H,14H2,1-3H3,(H,16,17). The number of hydrogen-bond donors (Lipinski definition) is 2. The first-order chi connectivity index (χ1) is 10.2. The summed E-state index contributed by atoms with van der Waals surface area (Å²) in [5, 5.41) is 6.45. The first kappa shape index (κ1) is 14.9. The van der Waals surface area contributed by atoms with Gasteiger partial charge in [-0.25, -0.2) is 4.98 Å². The molecule has 3 N–H and O–H groups in total. The van der Waals surface area contributed by atoms with Gasteiger partial charge in [0.1, 0.15) is 5.82 Å². The molecular formula is C13H16N4O3S. The highest BCUT2D eigenvalue weighted by Gasteiger charge is 2.14. The second kappa shape index (κ2) is 6.80. The zero-order chi connectivity index (χ0) is 15.2. The number of rotatable bonds is 6. The van der Waals surface area contributed by atoms with Crippen LogP contribution >= 0.6 is 11.3 Å². The van der Waals surface area contributed by atoms with E-state index in [-0.39, 0.29) is 0 Å². The molecule has 112 valence electrons. The SMILES string of the molecule is COc1ccc(C=NNc2nc(N)cs2)c(OC)c1OC. The average Bonchev–Trinajstić information content (AvgIpc) is 2.91. The fraction of sp³-hybridized carbons (Fsp3) is 0.231. The number of nitrogens with two attached hydrogens (primary N) is 1. The van der Waals surface area contributed by atoms with Crippen LogP contribution in [0.15, 0.2) is 22.6 Å². The number of anilines is 2. The highest BCUT2D eigenvalue weighted by molar-refractivity contribution is 7.14. The van der Waals surface area contributed by atoms with E-state index in [0.29, 0.717) is 28.2 Å². The molecule has 7 nitrogen and oxygen atoms in total. The van der Waals surface area contributed by atoms with Gasteiger partial charge in [-0.3, -0.25) is 5.43 Å².